The molecule has 1 aromatic heterocycles. The molecule has 7 nitrogen and oxygen atoms in total. The van der Waals surface area contributed by atoms with Gasteiger partial charge in [0.25, 0.3) is 0 Å². The van der Waals surface area contributed by atoms with Gasteiger partial charge in [-0.05, 0) is 18.8 Å². The van der Waals surface area contributed by atoms with Crippen molar-refractivity contribution in [2.75, 3.05) is 26.7 Å². The van der Waals surface area contributed by atoms with Gasteiger partial charge in [-0.25, -0.2) is 4.98 Å². The zero-order valence-corrected chi connectivity index (χ0v) is 15.0. The van der Waals surface area contributed by atoms with Crippen molar-refractivity contribution in [3.63, 3.8) is 0 Å². The summed E-state index contributed by atoms with van der Waals surface area (Å²) in [7, 11) is 1.76. The number of nitrogens with zero attached hydrogens (tertiary/aromatic N) is 3. The van der Waals surface area contributed by atoms with Gasteiger partial charge in [0.1, 0.15) is 5.82 Å². The molecule has 7 heteroatoms. The van der Waals surface area contributed by atoms with Crippen molar-refractivity contribution >= 4 is 11.8 Å². The topological polar surface area (TPSA) is 81.3 Å². The molecule has 2 aliphatic rings. The molecule has 25 heavy (non-hydrogen) atoms. The van der Waals surface area contributed by atoms with Gasteiger partial charge in [-0.1, -0.05) is 19.3 Å². The molecule has 1 aliphatic heterocycles. The van der Waals surface area contributed by atoms with Crippen LogP contribution in [0.15, 0.2) is 12.4 Å². The highest BCUT2D eigenvalue weighted by Gasteiger charge is 2.33. The molecule has 0 spiro atoms. The molecular formula is C18H29N5O2. The van der Waals surface area contributed by atoms with Crippen LogP contribution in [0.1, 0.15) is 44.3 Å². The normalized spacial score (nSPS) is 22.6. The van der Waals surface area contributed by atoms with Crippen LogP contribution in [0, 0.1) is 5.92 Å². The fourth-order valence-electron chi connectivity index (χ4n) is 3.92. The molecule has 2 amide bonds. The Bertz CT molecular complexity index is 568. The predicted octanol–water partition coefficient (Wildman–Crippen LogP) is 1.14. The number of hydrogen-bond donors (Lipinski definition) is 2. The zero-order chi connectivity index (χ0) is 17.6. The average molecular weight is 347 g/mol. The van der Waals surface area contributed by atoms with E-state index in [1.165, 1.54) is 32.1 Å². The Balaban J connectivity index is 1.58. The fourth-order valence-corrected chi connectivity index (χ4v) is 3.92. The van der Waals surface area contributed by atoms with Crippen LogP contribution in [0.3, 0.4) is 0 Å². The summed E-state index contributed by atoms with van der Waals surface area (Å²) in [5, 5.41) is 2.92. The number of carbonyl (C=O) groups excluding carboxylic acids is 2. The van der Waals surface area contributed by atoms with E-state index in [-0.39, 0.29) is 24.3 Å². The Morgan fingerprint density at radius 1 is 1.36 bits per heavy atom. The number of aromatic nitrogens is 2. The van der Waals surface area contributed by atoms with Gasteiger partial charge in [-0.15, -0.1) is 0 Å². The third-order valence-electron chi connectivity index (χ3n) is 5.39. The summed E-state index contributed by atoms with van der Waals surface area (Å²) in [4.78, 5) is 36.0. The first-order valence-electron chi connectivity index (χ1n) is 9.37. The summed E-state index contributed by atoms with van der Waals surface area (Å²) in [5.74, 6) is 1.38. The molecule has 0 bridgehead atoms. The van der Waals surface area contributed by atoms with Gasteiger partial charge in [0.2, 0.25) is 11.8 Å². The standard InChI is InChI=1S/C18H29N5O2/c1-22(13-16-19-7-8-20-16)17(24)11-15-18(25)21-9-10-23(15)12-14-5-3-2-4-6-14/h7-8,14-15H,2-6,9-13H2,1H3,(H,19,20)(H,21,25). The van der Waals surface area contributed by atoms with Crippen LogP contribution >= 0.6 is 0 Å². The third-order valence-corrected chi connectivity index (χ3v) is 5.39. The van der Waals surface area contributed by atoms with Crippen LogP contribution in [-0.2, 0) is 16.1 Å². The molecule has 1 unspecified atom stereocenters. The second-order valence-electron chi connectivity index (χ2n) is 7.30. The lowest BCUT2D eigenvalue weighted by Gasteiger charge is -2.38. The van der Waals surface area contributed by atoms with Gasteiger partial charge in [0.15, 0.2) is 0 Å². The first-order chi connectivity index (χ1) is 12.1. The lowest BCUT2D eigenvalue weighted by Crippen LogP contribution is -2.57. The molecule has 1 aromatic rings. The molecule has 2 heterocycles. The molecule has 1 saturated heterocycles. The molecule has 0 aromatic carbocycles. The second-order valence-corrected chi connectivity index (χ2v) is 7.30. The molecule has 2 N–H and O–H groups in total. The predicted molar refractivity (Wildman–Crippen MR) is 94.6 cm³/mol. The van der Waals surface area contributed by atoms with Crippen molar-refractivity contribution in [3.05, 3.63) is 18.2 Å². The lowest BCUT2D eigenvalue weighted by molar-refractivity contribution is -0.138. The van der Waals surface area contributed by atoms with Crippen molar-refractivity contribution in [2.24, 2.45) is 5.92 Å². The molecule has 1 saturated carbocycles. The Morgan fingerprint density at radius 3 is 2.88 bits per heavy atom. The number of imidazole rings is 1. The Labute approximate surface area is 149 Å². The maximum absolute atomic E-state index is 12.6. The SMILES string of the molecule is CN(Cc1ncc[nH]1)C(=O)CC1C(=O)NCCN1CC1CCCCC1. The molecule has 3 rings (SSSR count). The van der Waals surface area contributed by atoms with Crippen LogP contribution < -0.4 is 5.32 Å². The first-order valence-corrected chi connectivity index (χ1v) is 9.37. The van der Waals surface area contributed by atoms with E-state index in [2.05, 4.69) is 20.2 Å². The van der Waals surface area contributed by atoms with Gasteiger partial charge >= 0.3 is 0 Å². The molecule has 138 valence electrons. The van der Waals surface area contributed by atoms with E-state index in [4.69, 9.17) is 0 Å². The highest BCUT2D eigenvalue weighted by atomic mass is 16.2. The van der Waals surface area contributed by atoms with Gasteiger partial charge in [0, 0.05) is 39.1 Å². The maximum atomic E-state index is 12.6. The number of rotatable bonds is 6. The van der Waals surface area contributed by atoms with Crippen molar-refractivity contribution in [2.45, 2.75) is 51.1 Å². The minimum absolute atomic E-state index is 0.0122. The number of H-pyrrole nitrogens is 1. The Morgan fingerprint density at radius 2 is 2.16 bits per heavy atom. The van der Waals surface area contributed by atoms with Crippen molar-refractivity contribution in [1.82, 2.24) is 25.1 Å². The number of amides is 2. The molecule has 0 radical (unpaired) electrons. The molecular weight excluding hydrogens is 318 g/mol. The lowest BCUT2D eigenvalue weighted by atomic mass is 9.88. The van der Waals surface area contributed by atoms with E-state index < -0.39 is 0 Å². The fraction of sp³-hybridized carbons (Fsp3) is 0.722. The third kappa shape index (κ3) is 4.81. The van der Waals surface area contributed by atoms with E-state index in [1.807, 2.05) is 0 Å². The smallest absolute Gasteiger partial charge is 0.237 e. The van der Waals surface area contributed by atoms with Crippen LogP contribution in [-0.4, -0.2) is 64.3 Å². The van der Waals surface area contributed by atoms with E-state index >= 15 is 0 Å². The Kier molecular flexibility index (Phi) is 6.07. The minimum Gasteiger partial charge on any atom is -0.353 e. The van der Waals surface area contributed by atoms with Crippen LogP contribution in [0.2, 0.25) is 0 Å². The van der Waals surface area contributed by atoms with E-state index in [1.54, 1.807) is 24.3 Å². The molecule has 1 aliphatic carbocycles. The van der Waals surface area contributed by atoms with E-state index in [0.717, 1.165) is 18.9 Å². The van der Waals surface area contributed by atoms with Crippen LogP contribution in [0.25, 0.3) is 0 Å². The summed E-state index contributed by atoms with van der Waals surface area (Å²) < 4.78 is 0. The molecule has 2 fully saturated rings. The summed E-state index contributed by atoms with van der Waals surface area (Å²) in [6, 6.07) is -0.345. The average Bonchev–Trinajstić information content (AvgIpc) is 3.11. The van der Waals surface area contributed by atoms with Crippen LogP contribution in [0.4, 0.5) is 0 Å². The van der Waals surface area contributed by atoms with Gasteiger partial charge in [-0.3, -0.25) is 14.5 Å². The summed E-state index contributed by atoms with van der Waals surface area (Å²) in [6.07, 6.45) is 10.1. The highest BCUT2D eigenvalue weighted by molar-refractivity contribution is 5.88. The molecule has 1 atom stereocenters. The van der Waals surface area contributed by atoms with E-state index in [0.29, 0.717) is 19.0 Å². The summed E-state index contributed by atoms with van der Waals surface area (Å²) in [5.41, 5.74) is 0. The van der Waals surface area contributed by atoms with Gasteiger partial charge in [-0.2, -0.15) is 0 Å². The quantitative estimate of drug-likeness (QED) is 0.808. The number of carbonyl (C=O) groups is 2. The zero-order valence-electron chi connectivity index (χ0n) is 15.0. The van der Waals surface area contributed by atoms with Crippen molar-refractivity contribution < 1.29 is 9.59 Å². The largest absolute Gasteiger partial charge is 0.353 e. The maximum Gasteiger partial charge on any atom is 0.237 e. The number of nitrogens with one attached hydrogen (secondary N) is 2. The first kappa shape index (κ1) is 17.9. The van der Waals surface area contributed by atoms with E-state index in [9.17, 15) is 9.59 Å². The summed E-state index contributed by atoms with van der Waals surface area (Å²) >= 11 is 0. The number of aromatic amines is 1. The number of piperazine rings is 1. The monoisotopic (exact) mass is 347 g/mol. The minimum atomic E-state index is -0.345. The van der Waals surface area contributed by atoms with Crippen LogP contribution in [0.5, 0.6) is 0 Å². The van der Waals surface area contributed by atoms with Gasteiger partial charge in [0.05, 0.1) is 19.0 Å². The van der Waals surface area contributed by atoms with Crippen molar-refractivity contribution in [3.8, 4) is 0 Å². The van der Waals surface area contributed by atoms with Gasteiger partial charge < -0.3 is 15.2 Å². The highest BCUT2D eigenvalue weighted by Crippen LogP contribution is 2.26. The summed E-state index contributed by atoms with van der Waals surface area (Å²) in [6.45, 7) is 2.89. The van der Waals surface area contributed by atoms with Crippen molar-refractivity contribution in [1.29, 1.82) is 0 Å². The number of hydrogen-bond acceptors (Lipinski definition) is 4. The Hall–Kier alpha value is -1.89. The second kappa shape index (κ2) is 8.47.